The monoisotopic (exact) mass is 264 g/mol. The quantitative estimate of drug-likeness (QED) is 0.877. The van der Waals surface area contributed by atoms with E-state index in [-0.39, 0.29) is 5.91 Å². The van der Waals surface area contributed by atoms with Crippen molar-refractivity contribution in [3.8, 4) is 0 Å². The number of hydrogen-bond acceptors (Lipinski definition) is 3. The highest BCUT2D eigenvalue weighted by Crippen LogP contribution is 2.14. The zero-order valence-electron chi connectivity index (χ0n) is 11.7. The van der Waals surface area contributed by atoms with E-state index in [1.807, 2.05) is 18.2 Å². The van der Waals surface area contributed by atoms with Crippen molar-refractivity contribution in [2.45, 2.75) is 32.4 Å². The molecule has 19 heavy (non-hydrogen) atoms. The average molecular weight is 264 g/mol. The first-order chi connectivity index (χ1) is 8.83. The molecule has 2 N–H and O–H groups in total. The van der Waals surface area contributed by atoms with Crippen LogP contribution in [-0.4, -0.2) is 24.6 Å². The molecule has 5 nitrogen and oxygen atoms in total. The van der Waals surface area contributed by atoms with Gasteiger partial charge >= 0.3 is 6.09 Å². The number of hydrogen-bond donors (Lipinski definition) is 2. The average Bonchev–Trinajstić information content (AvgIpc) is 2.34. The molecule has 1 aromatic rings. The van der Waals surface area contributed by atoms with Crippen molar-refractivity contribution in [1.82, 2.24) is 10.6 Å². The molecule has 0 aliphatic carbocycles. The molecule has 0 saturated carbocycles. The molecule has 5 heteroatoms. The maximum Gasteiger partial charge on any atom is 0.408 e. The Morgan fingerprint density at radius 1 is 1.16 bits per heavy atom. The van der Waals surface area contributed by atoms with E-state index in [0.29, 0.717) is 5.56 Å². The van der Waals surface area contributed by atoms with Gasteiger partial charge in [0.1, 0.15) is 11.6 Å². The summed E-state index contributed by atoms with van der Waals surface area (Å²) in [5.41, 5.74) is 0.0984. The molecule has 1 rings (SSSR count). The standard InChI is InChI=1S/C14H20N2O3/c1-14(2,3)19-13(18)16-11(12(17)15-4)10-8-6-5-7-9-10/h5-9,11H,1-4H3,(H,15,17)(H,16,18). The first-order valence-electron chi connectivity index (χ1n) is 6.09. The molecule has 0 heterocycles. The van der Waals surface area contributed by atoms with Gasteiger partial charge < -0.3 is 15.4 Å². The van der Waals surface area contributed by atoms with Gasteiger partial charge in [0.15, 0.2) is 0 Å². The van der Waals surface area contributed by atoms with Crippen molar-refractivity contribution in [2.24, 2.45) is 0 Å². The second-order valence-corrected chi connectivity index (χ2v) is 5.10. The maximum atomic E-state index is 11.8. The number of amides is 2. The lowest BCUT2D eigenvalue weighted by molar-refractivity contribution is -0.122. The van der Waals surface area contributed by atoms with E-state index < -0.39 is 17.7 Å². The number of carbonyl (C=O) groups excluding carboxylic acids is 2. The minimum Gasteiger partial charge on any atom is -0.444 e. The van der Waals surface area contributed by atoms with Crippen LogP contribution in [0.4, 0.5) is 4.79 Å². The second-order valence-electron chi connectivity index (χ2n) is 5.10. The van der Waals surface area contributed by atoms with Crippen LogP contribution >= 0.6 is 0 Å². The summed E-state index contributed by atoms with van der Waals surface area (Å²) in [6, 6.07) is 8.25. The van der Waals surface area contributed by atoms with E-state index in [2.05, 4.69) is 10.6 Å². The number of alkyl carbamates (subject to hydrolysis) is 1. The van der Waals surface area contributed by atoms with Crippen LogP contribution in [0.3, 0.4) is 0 Å². The van der Waals surface area contributed by atoms with Crippen molar-refractivity contribution in [3.05, 3.63) is 35.9 Å². The number of likely N-dealkylation sites (N-methyl/N-ethyl adjacent to an activating group) is 1. The molecular formula is C14H20N2O3. The third-order valence-corrected chi connectivity index (χ3v) is 2.30. The number of rotatable bonds is 3. The van der Waals surface area contributed by atoms with Gasteiger partial charge in [-0.05, 0) is 26.3 Å². The Morgan fingerprint density at radius 3 is 2.21 bits per heavy atom. The van der Waals surface area contributed by atoms with Gasteiger partial charge in [-0.15, -0.1) is 0 Å². The van der Waals surface area contributed by atoms with Crippen LogP contribution in [0, 0.1) is 0 Å². The summed E-state index contributed by atoms with van der Waals surface area (Å²) in [6.45, 7) is 5.30. The number of carbonyl (C=O) groups is 2. The molecule has 0 spiro atoms. The lowest BCUT2D eigenvalue weighted by Gasteiger charge is -2.23. The Balaban J connectivity index is 2.83. The van der Waals surface area contributed by atoms with Gasteiger partial charge in [0, 0.05) is 7.05 Å². The van der Waals surface area contributed by atoms with Crippen molar-refractivity contribution in [2.75, 3.05) is 7.05 Å². The molecule has 0 bridgehead atoms. The highest BCUT2D eigenvalue weighted by molar-refractivity contribution is 5.86. The lowest BCUT2D eigenvalue weighted by Crippen LogP contribution is -2.41. The topological polar surface area (TPSA) is 67.4 Å². The Hall–Kier alpha value is -2.04. The zero-order chi connectivity index (χ0) is 14.5. The summed E-state index contributed by atoms with van der Waals surface area (Å²) in [6.07, 6.45) is -0.620. The molecule has 0 aromatic heterocycles. The molecule has 2 amide bonds. The normalized spacial score (nSPS) is 12.4. The van der Waals surface area contributed by atoms with Crippen LogP contribution in [0.1, 0.15) is 32.4 Å². The third kappa shape index (κ3) is 4.99. The van der Waals surface area contributed by atoms with E-state index in [4.69, 9.17) is 4.74 Å². The molecule has 1 unspecified atom stereocenters. The molecule has 0 aliphatic heterocycles. The van der Waals surface area contributed by atoms with E-state index >= 15 is 0 Å². The predicted octanol–water partition coefficient (Wildman–Crippen LogP) is 2.00. The van der Waals surface area contributed by atoms with E-state index in [1.54, 1.807) is 32.9 Å². The summed E-state index contributed by atoms with van der Waals surface area (Å²) in [5.74, 6) is -0.294. The summed E-state index contributed by atoms with van der Waals surface area (Å²) in [5, 5.41) is 5.09. The molecule has 0 fully saturated rings. The first kappa shape index (κ1) is 15.0. The van der Waals surface area contributed by atoms with Crippen molar-refractivity contribution in [3.63, 3.8) is 0 Å². The Kier molecular flexibility index (Phi) is 4.92. The fourth-order valence-electron chi connectivity index (χ4n) is 1.52. The molecule has 1 aromatic carbocycles. The van der Waals surface area contributed by atoms with E-state index in [1.165, 1.54) is 7.05 Å². The second kappa shape index (κ2) is 6.22. The molecule has 104 valence electrons. The van der Waals surface area contributed by atoms with Gasteiger partial charge in [0.25, 0.3) is 0 Å². The highest BCUT2D eigenvalue weighted by Gasteiger charge is 2.24. The number of nitrogens with one attached hydrogen (secondary N) is 2. The molecule has 0 saturated heterocycles. The smallest absolute Gasteiger partial charge is 0.408 e. The first-order valence-corrected chi connectivity index (χ1v) is 6.09. The van der Waals surface area contributed by atoms with Gasteiger partial charge in [-0.2, -0.15) is 0 Å². The highest BCUT2D eigenvalue weighted by atomic mass is 16.6. The van der Waals surface area contributed by atoms with E-state index in [9.17, 15) is 9.59 Å². The largest absolute Gasteiger partial charge is 0.444 e. The third-order valence-electron chi connectivity index (χ3n) is 2.30. The maximum absolute atomic E-state index is 11.8. The summed E-state index contributed by atoms with van der Waals surface area (Å²) in [4.78, 5) is 23.6. The van der Waals surface area contributed by atoms with Gasteiger partial charge in [-0.1, -0.05) is 30.3 Å². The van der Waals surface area contributed by atoms with Crippen molar-refractivity contribution < 1.29 is 14.3 Å². The summed E-state index contributed by atoms with van der Waals surface area (Å²) < 4.78 is 5.15. The summed E-state index contributed by atoms with van der Waals surface area (Å²) in [7, 11) is 1.52. The molecule has 0 radical (unpaired) electrons. The fourth-order valence-corrected chi connectivity index (χ4v) is 1.52. The van der Waals surface area contributed by atoms with Crippen LogP contribution in [0.15, 0.2) is 30.3 Å². The molecular weight excluding hydrogens is 244 g/mol. The Bertz CT molecular complexity index is 438. The summed E-state index contributed by atoms with van der Waals surface area (Å²) >= 11 is 0. The molecule has 0 aliphatic rings. The van der Waals surface area contributed by atoms with Gasteiger partial charge in [0.2, 0.25) is 5.91 Å². The predicted molar refractivity (Wildman–Crippen MR) is 72.6 cm³/mol. The number of benzene rings is 1. The van der Waals surface area contributed by atoms with Crippen LogP contribution < -0.4 is 10.6 Å². The minimum absolute atomic E-state index is 0.294. The van der Waals surface area contributed by atoms with Crippen LogP contribution in [0.25, 0.3) is 0 Å². The SMILES string of the molecule is CNC(=O)C(NC(=O)OC(C)(C)C)c1ccccc1. The van der Waals surface area contributed by atoms with Crippen molar-refractivity contribution in [1.29, 1.82) is 0 Å². The van der Waals surface area contributed by atoms with Crippen molar-refractivity contribution >= 4 is 12.0 Å². The Morgan fingerprint density at radius 2 is 1.74 bits per heavy atom. The minimum atomic E-state index is -0.763. The van der Waals surface area contributed by atoms with Crippen LogP contribution in [-0.2, 0) is 9.53 Å². The van der Waals surface area contributed by atoms with E-state index in [0.717, 1.165) is 0 Å². The molecule has 1 atom stereocenters. The van der Waals surface area contributed by atoms with Crippen LogP contribution in [0.2, 0.25) is 0 Å². The lowest BCUT2D eigenvalue weighted by atomic mass is 10.1. The van der Waals surface area contributed by atoms with Gasteiger partial charge in [0.05, 0.1) is 0 Å². The van der Waals surface area contributed by atoms with Gasteiger partial charge in [-0.3, -0.25) is 4.79 Å². The zero-order valence-corrected chi connectivity index (χ0v) is 11.7. The van der Waals surface area contributed by atoms with Crippen LogP contribution in [0.5, 0.6) is 0 Å². The Labute approximate surface area is 113 Å². The fraction of sp³-hybridized carbons (Fsp3) is 0.429. The number of ether oxygens (including phenoxy) is 1. The van der Waals surface area contributed by atoms with Gasteiger partial charge in [-0.25, -0.2) is 4.79 Å².